The minimum Gasteiger partial charge on any atom is -0.340 e. The van der Waals surface area contributed by atoms with Crippen molar-refractivity contribution in [1.29, 1.82) is 0 Å². The van der Waals surface area contributed by atoms with E-state index in [0.717, 1.165) is 26.1 Å². The Bertz CT molecular complexity index is 229. The molecule has 1 amide bonds. The van der Waals surface area contributed by atoms with Crippen molar-refractivity contribution in [2.45, 2.75) is 45.1 Å². The van der Waals surface area contributed by atoms with Crippen LogP contribution in [-0.2, 0) is 4.79 Å². The lowest BCUT2D eigenvalue weighted by atomic mass is 10.1. The van der Waals surface area contributed by atoms with Gasteiger partial charge >= 0.3 is 0 Å². The predicted molar refractivity (Wildman–Crippen MR) is 67.9 cm³/mol. The second-order valence-corrected chi connectivity index (χ2v) is 4.92. The monoisotopic (exact) mass is 246 g/mol. The van der Waals surface area contributed by atoms with Crippen molar-refractivity contribution < 1.29 is 4.79 Å². The van der Waals surface area contributed by atoms with Crippen LogP contribution in [-0.4, -0.2) is 36.5 Å². The van der Waals surface area contributed by atoms with Crippen LogP contribution in [0.5, 0.6) is 0 Å². The molecule has 2 aliphatic rings. The summed E-state index contributed by atoms with van der Waals surface area (Å²) in [6.07, 6.45) is 5.98. The Labute approximate surface area is 104 Å². The zero-order valence-corrected chi connectivity index (χ0v) is 10.9. The fraction of sp³-hybridized carbons (Fsp3) is 0.917. The molecule has 2 rings (SSSR count). The number of rotatable bonds is 1. The van der Waals surface area contributed by atoms with Crippen LogP contribution in [0.1, 0.15) is 39.0 Å². The number of likely N-dealkylation sites (tertiary alicyclic amines) is 1. The second kappa shape index (κ2) is 6.45. The molecule has 0 aromatic rings. The number of halogens is 1. The Morgan fingerprint density at radius 2 is 2.06 bits per heavy atom. The van der Waals surface area contributed by atoms with E-state index in [2.05, 4.69) is 17.1 Å². The molecule has 0 radical (unpaired) electrons. The molecule has 0 aromatic heterocycles. The van der Waals surface area contributed by atoms with Crippen molar-refractivity contribution in [3.8, 4) is 0 Å². The molecule has 0 aromatic carbocycles. The number of carbonyl (C=O) groups excluding carboxylic acids is 1. The average molecular weight is 247 g/mol. The van der Waals surface area contributed by atoms with Crippen molar-refractivity contribution in [2.75, 3.05) is 19.6 Å². The summed E-state index contributed by atoms with van der Waals surface area (Å²) in [4.78, 5) is 14.4. The van der Waals surface area contributed by atoms with Crippen LogP contribution in [0.3, 0.4) is 0 Å². The highest BCUT2D eigenvalue weighted by Crippen LogP contribution is 2.20. The minimum absolute atomic E-state index is 0. The summed E-state index contributed by atoms with van der Waals surface area (Å²) in [5.41, 5.74) is 0. The molecular weight excluding hydrogens is 224 g/mol. The zero-order valence-electron chi connectivity index (χ0n) is 10.1. The topological polar surface area (TPSA) is 32.3 Å². The van der Waals surface area contributed by atoms with E-state index in [1.807, 2.05) is 0 Å². The molecule has 1 N–H and O–H groups in total. The van der Waals surface area contributed by atoms with Gasteiger partial charge < -0.3 is 10.2 Å². The van der Waals surface area contributed by atoms with Crippen LogP contribution >= 0.6 is 12.4 Å². The Hall–Kier alpha value is -0.280. The van der Waals surface area contributed by atoms with Crippen LogP contribution in [0.15, 0.2) is 0 Å². The van der Waals surface area contributed by atoms with E-state index >= 15 is 0 Å². The quantitative estimate of drug-likeness (QED) is 0.766. The Morgan fingerprint density at radius 3 is 2.75 bits per heavy atom. The third kappa shape index (κ3) is 3.11. The van der Waals surface area contributed by atoms with Crippen LogP contribution in [0.25, 0.3) is 0 Å². The fourth-order valence-electron chi connectivity index (χ4n) is 2.70. The molecule has 0 spiro atoms. The number of carbonyl (C=O) groups is 1. The second-order valence-electron chi connectivity index (χ2n) is 4.92. The van der Waals surface area contributed by atoms with Crippen LogP contribution in [0, 0.1) is 5.92 Å². The first kappa shape index (κ1) is 13.8. The molecule has 3 nitrogen and oxygen atoms in total. The highest BCUT2D eigenvalue weighted by molar-refractivity contribution is 5.85. The van der Waals surface area contributed by atoms with E-state index in [1.165, 1.54) is 25.7 Å². The van der Waals surface area contributed by atoms with E-state index in [0.29, 0.717) is 11.9 Å². The van der Waals surface area contributed by atoms with Gasteiger partial charge in [0.1, 0.15) is 0 Å². The lowest BCUT2D eigenvalue weighted by molar-refractivity contribution is -0.136. The molecule has 2 saturated heterocycles. The lowest BCUT2D eigenvalue weighted by Crippen LogP contribution is -2.42. The molecule has 16 heavy (non-hydrogen) atoms. The van der Waals surface area contributed by atoms with Gasteiger partial charge in [-0.15, -0.1) is 12.4 Å². The van der Waals surface area contributed by atoms with Gasteiger partial charge in [-0.1, -0.05) is 12.8 Å². The molecule has 2 heterocycles. The first-order valence-corrected chi connectivity index (χ1v) is 6.30. The lowest BCUT2D eigenvalue weighted by Gasteiger charge is -2.29. The minimum atomic E-state index is 0. The Kier molecular flexibility index (Phi) is 5.56. The summed E-state index contributed by atoms with van der Waals surface area (Å²) in [7, 11) is 0. The fourth-order valence-corrected chi connectivity index (χ4v) is 2.70. The van der Waals surface area contributed by atoms with Gasteiger partial charge in [0.15, 0.2) is 0 Å². The van der Waals surface area contributed by atoms with Crippen LogP contribution < -0.4 is 5.32 Å². The van der Waals surface area contributed by atoms with Gasteiger partial charge in [0.2, 0.25) is 5.91 Å². The summed E-state index contributed by atoms with van der Waals surface area (Å²) in [6.45, 7) is 5.09. The molecule has 0 bridgehead atoms. The van der Waals surface area contributed by atoms with E-state index in [4.69, 9.17) is 0 Å². The van der Waals surface area contributed by atoms with Crippen molar-refractivity contribution >= 4 is 18.3 Å². The summed E-state index contributed by atoms with van der Waals surface area (Å²) < 4.78 is 0. The van der Waals surface area contributed by atoms with Gasteiger partial charge in [-0.3, -0.25) is 4.79 Å². The van der Waals surface area contributed by atoms with Crippen LogP contribution in [0.2, 0.25) is 0 Å². The molecule has 94 valence electrons. The maximum atomic E-state index is 12.2. The van der Waals surface area contributed by atoms with Gasteiger partial charge in [-0.25, -0.2) is 0 Å². The third-order valence-electron chi connectivity index (χ3n) is 3.75. The molecule has 2 unspecified atom stereocenters. The van der Waals surface area contributed by atoms with Crippen molar-refractivity contribution in [3.05, 3.63) is 0 Å². The van der Waals surface area contributed by atoms with E-state index in [-0.39, 0.29) is 18.3 Å². The molecule has 2 fully saturated rings. The van der Waals surface area contributed by atoms with Gasteiger partial charge in [0.25, 0.3) is 0 Å². The molecular formula is C12H23ClN2O. The van der Waals surface area contributed by atoms with E-state index in [9.17, 15) is 4.79 Å². The van der Waals surface area contributed by atoms with Crippen molar-refractivity contribution in [2.24, 2.45) is 5.92 Å². The first-order chi connectivity index (χ1) is 7.29. The maximum Gasteiger partial charge on any atom is 0.227 e. The summed E-state index contributed by atoms with van der Waals surface area (Å²) in [5.74, 6) is 0.653. The van der Waals surface area contributed by atoms with Gasteiger partial charge in [-0.2, -0.15) is 0 Å². The highest BCUT2D eigenvalue weighted by atomic mass is 35.5. The number of nitrogens with one attached hydrogen (secondary N) is 1. The standard InChI is InChI=1S/C12H22N2O.ClH/c1-10-5-3-2-4-8-14(10)12(15)11-6-7-13-9-11;/h10-11,13H,2-9H2,1H3;1H. The van der Waals surface area contributed by atoms with Gasteiger partial charge in [0.05, 0.1) is 5.92 Å². The zero-order chi connectivity index (χ0) is 10.7. The number of amides is 1. The molecule has 2 atom stereocenters. The van der Waals surface area contributed by atoms with E-state index in [1.54, 1.807) is 0 Å². The molecule has 2 aliphatic heterocycles. The summed E-state index contributed by atoms with van der Waals surface area (Å²) >= 11 is 0. The van der Waals surface area contributed by atoms with Crippen molar-refractivity contribution in [3.63, 3.8) is 0 Å². The normalized spacial score (nSPS) is 30.7. The van der Waals surface area contributed by atoms with Crippen LogP contribution in [0.4, 0.5) is 0 Å². The first-order valence-electron chi connectivity index (χ1n) is 6.30. The third-order valence-corrected chi connectivity index (χ3v) is 3.75. The number of hydrogen-bond donors (Lipinski definition) is 1. The largest absolute Gasteiger partial charge is 0.340 e. The molecule has 4 heteroatoms. The Balaban J connectivity index is 0.00000128. The number of nitrogens with zero attached hydrogens (tertiary/aromatic N) is 1. The van der Waals surface area contributed by atoms with E-state index < -0.39 is 0 Å². The summed E-state index contributed by atoms with van der Waals surface area (Å²) in [5, 5.41) is 3.28. The maximum absolute atomic E-state index is 12.2. The molecule has 0 saturated carbocycles. The van der Waals surface area contributed by atoms with Gasteiger partial charge in [0, 0.05) is 19.1 Å². The predicted octanol–water partition coefficient (Wildman–Crippen LogP) is 1.81. The SMILES string of the molecule is CC1CCCCCN1C(=O)C1CCNC1.Cl. The molecule has 0 aliphatic carbocycles. The average Bonchev–Trinajstić information content (AvgIpc) is 2.68. The highest BCUT2D eigenvalue weighted by Gasteiger charge is 2.30. The van der Waals surface area contributed by atoms with Gasteiger partial charge in [-0.05, 0) is 32.7 Å². The Morgan fingerprint density at radius 1 is 1.25 bits per heavy atom. The summed E-state index contributed by atoms with van der Waals surface area (Å²) in [6, 6.07) is 0.459. The smallest absolute Gasteiger partial charge is 0.227 e. The number of hydrogen-bond acceptors (Lipinski definition) is 2. The van der Waals surface area contributed by atoms with Crippen molar-refractivity contribution in [1.82, 2.24) is 10.2 Å².